The summed E-state index contributed by atoms with van der Waals surface area (Å²) in [7, 11) is 0. The molecule has 0 radical (unpaired) electrons. The van der Waals surface area contributed by atoms with Gasteiger partial charge in [-0.05, 0) is 42.5 Å². The van der Waals surface area contributed by atoms with Gasteiger partial charge in [-0.3, -0.25) is 19.7 Å². The number of hydrogen-bond donors (Lipinski definition) is 3. The van der Waals surface area contributed by atoms with Crippen LogP contribution in [0.4, 0.5) is 11.6 Å². The molecule has 35 heavy (non-hydrogen) atoms. The first-order chi connectivity index (χ1) is 16.9. The zero-order chi connectivity index (χ0) is 24.8. The zero-order valence-corrected chi connectivity index (χ0v) is 18.7. The Kier molecular flexibility index (Phi) is 6.83. The minimum Gasteiger partial charge on any atom is -0.378 e. The number of nitrogens with two attached hydrogens (primary N) is 1. The minimum absolute atomic E-state index is 0.0481. The Labute approximate surface area is 201 Å². The largest absolute Gasteiger partial charge is 0.378 e. The van der Waals surface area contributed by atoms with E-state index in [2.05, 4.69) is 15.6 Å². The van der Waals surface area contributed by atoms with Gasteiger partial charge in [0.25, 0.3) is 5.91 Å². The number of benzene rings is 3. The van der Waals surface area contributed by atoms with Crippen molar-refractivity contribution >= 4 is 40.3 Å². The highest BCUT2D eigenvalue weighted by molar-refractivity contribution is 6.04. The van der Waals surface area contributed by atoms with Crippen LogP contribution in [0.25, 0.3) is 11.0 Å². The predicted octanol–water partition coefficient (Wildman–Crippen LogP) is 3.33. The molecule has 0 aliphatic heterocycles. The van der Waals surface area contributed by atoms with Crippen LogP contribution in [-0.4, -0.2) is 33.7 Å². The van der Waals surface area contributed by atoms with Gasteiger partial charge in [0.15, 0.2) is 5.78 Å². The van der Waals surface area contributed by atoms with Crippen LogP contribution < -0.4 is 16.4 Å². The molecule has 9 nitrogen and oxygen atoms in total. The number of hydrogen-bond acceptors (Lipinski definition) is 6. The van der Waals surface area contributed by atoms with E-state index in [0.717, 1.165) is 0 Å². The van der Waals surface area contributed by atoms with Gasteiger partial charge in [0.1, 0.15) is 0 Å². The van der Waals surface area contributed by atoms with E-state index in [0.29, 0.717) is 33.4 Å². The van der Waals surface area contributed by atoms with Gasteiger partial charge in [-0.2, -0.15) is 5.26 Å². The van der Waals surface area contributed by atoms with E-state index in [4.69, 9.17) is 11.0 Å². The van der Waals surface area contributed by atoms with Crippen molar-refractivity contribution in [2.24, 2.45) is 5.73 Å². The molecule has 4 rings (SSSR count). The molecule has 0 spiro atoms. The van der Waals surface area contributed by atoms with Crippen molar-refractivity contribution in [3.8, 4) is 6.07 Å². The topological polar surface area (TPSA) is 143 Å². The normalized spacial score (nSPS) is 10.5. The van der Waals surface area contributed by atoms with Crippen molar-refractivity contribution < 1.29 is 14.4 Å². The lowest BCUT2D eigenvalue weighted by molar-refractivity contribution is -0.118. The van der Waals surface area contributed by atoms with Crippen molar-refractivity contribution in [1.29, 1.82) is 5.26 Å². The summed E-state index contributed by atoms with van der Waals surface area (Å²) in [5.41, 5.74) is 8.71. The van der Waals surface area contributed by atoms with Crippen molar-refractivity contribution in [3.05, 3.63) is 89.5 Å². The van der Waals surface area contributed by atoms with Gasteiger partial charge < -0.3 is 15.6 Å². The molecule has 4 aromatic rings. The molecule has 0 saturated carbocycles. The van der Waals surface area contributed by atoms with Gasteiger partial charge in [-0.25, -0.2) is 4.98 Å². The standard InChI is InChI=1S/C26H22N6O3/c27-15-17-6-8-19(9-7-17)25(35)31-26-30-21-14-20(10-11-22(21)32(26)13-12-24(28)34)29-16-23(33)18-4-2-1-3-5-18/h1-11,14,29H,12-13,16H2,(H2,28,34)(H,30,31,35). The van der Waals surface area contributed by atoms with Crippen LogP contribution in [0, 0.1) is 11.3 Å². The fourth-order valence-corrected chi connectivity index (χ4v) is 3.56. The first-order valence-corrected chi connectivity index (χ1v) is 10.9. The monoisotopic (exact) mass is 466 g/mol. The number of rotatable bonds is 9. The molecule has 1 heterocycles. The van der Waals surface area contributed by atoms with Crippen LogP contribution >= 0.6 is 0 Å². The molecule has 3 aromatic carbocycles. The van der Waals surface area contributed by atoms with E-state index in [9.17, 15) is 14.4 Å². The number of Topliss-reactive ketones (excluding diaryl/α,β-unsaturated/α-hetero) is 1. The highest BCUT2D eigenvalue weighted by Gasteiger charge is 2.16. The second-order valence-corrected chi connectivity index (χ2v) is 7.79. The highest BCUT2D eigenvalue weighted by atomic mass is 16.2. The fraction of sp³-hybridized carbons (Fsp3) is 0.115. The molecule has 2 amide bonds. The summed E-state index contributed by atoms with van der Waals surface area (Å²) in [5, 5.41) is 14.8. The number of carbonyl (C=O) groups is 3. The molecule has 0 unspecified atom stereocenters. The second-order valence-electron chi connectivity index (χ2n) is 7.79. The van der Waals surface area contributed by atoms with Gasteiger partial charge in [0.05, 0.1) is 29.2 Å². The Morgan fingerprint density at radius 2 is 1.71 bits per heavy atom. The number of ketones is 1. The maximum absolute atomic E-state index is 12.8. The second kappa shape index (κ2) is 10.3. The van der Waals surface area contributed by atoms with Gasteiger partial charge in [0, 0.05) is 29.8 Å². The SMILES string of the molecule is N#Cc1ccc(C(=O)Nc2nc3cc(NCC(=O)c4ccccc4)ccc3n2CCC(N)=O)cc1. The molecule has 1 aromatic heterocycles. The fourth-order valence-electron chi connectivity index (χ4n) is 3.56. The maximum atomic E-state index is 12.8. The van der Waals surface area contributed by atoms with Crippen molar-refractivity contribution in [3.63, 3.8) is 0 Å². The molecule has 0 aliphatic carbocycles. The van der Waals surface area contributed by atoms with Gasteiger partial charge in [0.2, 0.25) is 11.9 Å². The van der Waals surface area contributed by atoms with E-state index in [-0.39, 0.29) is 31.2 Å². The van der Waals surface area contributed by atoms with Gasteiger partial charge in [-0.1, -0.05) is 30.3 Å². The maximum Gasteiger partial charge on any atom is 0.257 e. The minimum atomic E-state index is -0.478. The van der Waals surface area contributed by atoms with Crippen LogP contribution in [0.1, 0.15) is 32.7 Å². The van der Waals surface area contributed by atoms with Crippen LogP contribution in [0.3, 0.4) is 0 Å². The van der Waals surface area contributed by atoms with E-state index in [1.165, 1.54) is 0 Å². The van der Waals surface area contributed by atoms with E-state index in [1.807, 2.05) is 24.3 Å². The van der Waals surface area contributed by atoms with Crippen LogP contribution in [0.2, 0.25) is 0 Å². The van der Waals surface area contributed by atoms with Gasteiger partial charge >= 0.3 is 0 Å². The summed E-state index contributed by atoms with van der Waals surface area (Å²) in [6.07, 6.45) is 0.0662. The molecular weight excluding hydrogens is 444 g/mol. The average molecular weight is 467 g/mol. The molecule has 4 N–H and O–H groups in total. The summed E-state index contributed by atoms with van der Waals surface area (Å²) >= 11 is 0. The molecule has 0 atom stereocenters. The van der Waals surface area contributed by atoms with E-state index < -0.39 is 11.8 Å². The number of nitrogens with one attached hydrogen (secondary N) is 2. The lowest BCUT2D eigenvalue weighted by atomic mass is 10.1. The number of primary amides is 1. The summed E-state index contributed by atoms with van der Waals surface area (Å²) < 4.78 is 1.71. The summed E-state index contributed by atoms with van der Waals surface area (Å²) in [6.45, 7) is 0.342. The smallest absolute Gasteiger partial charge is 0.257 e. The summed E-state index contributed by atoms with van der Waals surface area (Å²) in [4.78, 5) is 41.1. The Hall–Kier alpha value is -4.97. The first-order valence-electron chi connectivity index (χ1n) is 10.9. The van der Waals surface area contributed by atoms with Crippen LogP contribution in [-0.2, 0) is 11.3 Å². The Balaban J connectivity index is 1.57. The van der Waals surface area contributed by atoms with Crippen molar-refractivity contribution in [2.75, 3.05) is 17.2 Å². The number of anilines is 2. The predicted molar refractivity (Wildman–Crippen MR) is 132 cm³/mol. The Morgan fingerprint density at radius 3 is 2.40 bits per heavy atom. The molecule has 0 fully saturated rings. The average Bonchev–Trinajstić information content (AvgIpc) is 3.22. The number of aryl methyl sites for hydroxylation is 1. The third kappa shape index (κ3) is 5.51. The van der Waals surface area contributed by atoms with E-state index in [1.54, 1.807) is 59.2 Å². The van der Waals surface area contributed by atoms with Crippen molar-refractivity contribution in [1.82, 2.24) is 9.55 Å². The molecular formula is C26H22N6O3. The first kappa shape index (κ1) is 23.2. The quantitative estimate of drug-likeness (QED) is 0.323. The number of amides is 2. The number of fused-ring (bicyclic) bond motifs is 1. The molecule has 0 saturated heterocycles. The summed E-state index contributed by atoms with van der Waals surface area (Å²) in [5.74, 6) is -0.674. The number of aromatic nitrogens is 2. The third-order valence-electron chi connectivity index (χ3n) is 5.38. The summed E-state index contributed by atoms with van der Waals surface area (Å²) in [6, 6.07) is 22.6. The molecule has 9 heteroatoms. The molecule has 174 valence electrons. The van der Waals surface area contributed by atoms with Gasteiger partial charge in [-0.15, -0.1) is 0 Å². The zero-order valence-electron chi connectivity index (χ0n) is 18.7. The highest BCUT2D eigenvalue weighted by Crippen LogP contribution is 2.24. The third-order valence-corrected chi connectivity index (χ3v) is 5.38. The number of nitriles is 1. The number of nitrogens with zero attached hydrogens (tertiary/aromatic N) is 3. The number of carbonyl (C=O) groups excluding carboxylic acids is 3. The Bertz CT molecular complexity index is 1440. The van der Waals surface area contributed by atoms with E-state index >= 15 is 0 Å². The molecule has 0 bridgehead atoms. The lowest BCUT2D eigenvalue weighted by Crippen LogP contribution is -2.18. The Morgan fingerprint density at radius 1 is 0.971 bits per heavy atom. The van der Waals surface area contributed by atoms with Crippen LogP contribution in [0.5, 0.6) is 0 Å². The van der Waals surface area contributed by atoms with Crippen molar-refractivity contribution in [2.45, 2.75) is 13.0 Å². The van der Waals surface area contributed by atoms with Crippen LogP contribution in [0.15, 0.2) is 72.8 Å². The number of imidazole rings is 1. The molecule has 0 aliphatic rings. The lowest BCUT2D eigenvalue weighted by Gasteiger charge is -2.10.